The number of hydrogen-bond acceptors (Lipinski definition) is 4. The van der Waals surface area contributed by atoms with Crippen LogP contribution in [0.2, 0.25) is 15.1 Å². The normalized spacial score (nSPS) is 12.2. The van der Waals surface area contributed by atoms with Crippen molar-refractivity contribution in [2.75, 3.05) is 23.7 Å². The molecule has 0 saturated heterocycles. The number of anilines is 1. The molecule has 2 amide bonds. The predicted molar refractivity (Wildman–Crippen MR) is 129 cm³/mol. The van der Waals surface area contributed by atoms with Crippen molar-refractivity contribution in [3.05, 3.63) is 63.1 Å². The number of rotatable bonds is 9. The molecule has 174 valence electrons. The SMILES string of the molecule is CCNC(=O)[C@@H](C)N(Cc1ccccc1Cl)C(=O)CN(c1cccc(Cl)c1Cl)S(C)(=O)=O. The Morgan fingerprint density at radius 3 is 2.25 bits per heavy atom. The minimum Gasteiger partial charge on any atom is -0.355 e. The van der Waals surface area contributed by atoms with Crippen molar-refractivity contribution in [3.63, 3.8) is 0 Å². The summed E-state index contributed by atoms with van der Waals surface area (Å²) in [5.74, 6) is -0.982. The third kappa shape index (κ3) is 6.51. The topological polar surface area (TPSA) is 86.8 Å². The second-order valence-electron chi connectivity index (χ2n) is 7.03. The second-order valence-corrected chi connectivity index (χ2v) is 10.1. The molecular formula is C21H24Cl3N3O4S. The zero-order valence-electron chi connectivity index (χ0n) is 17.8. The van der Waals surface area contributed by atoms with Gasteiger partial charge in [0.25, 0.3) is 0 Å². The van der Waals surface area contributed by atoms with Gasteiger partial charge in [-0.25, -0.2) is 8.42 Å². The molecule has 2 rings (SSSR count). The highest BCUT2D eigenvalue weighted by molar-refractivity contribution is 7.92. The third-order valence-electron chi connectivity index (χ3n) is 4.70. The summed E-state index contributed by atoms with van der Waals surface area (Å²) in [7, 11) is -3.91. The highest BCUT2D eigenvalue weighted by Crippen LogP contribution is 2.33. The van der Waals surface area contributed by atoms with E-state index < -0.39 is 28.5 Å². The van der Waals surface area contributed by atoms with Crippen LogP contribution in [0.4, 0.5) is 5.69 Å². The van der Waals surface area contributed by atoms with E-state index in [0.717, 1.165) is 10.6 Å². The van der Waals surface area contributed by atoms with Gasteiger partial charge in [0, 0.05) is 18.1 Å². The van der Waals surface area contributed by atoms with E-state index in [4.69, 9.17) is 34.8 Å². The van der Waals surface area contributed by atoms with E-state index in [9.17, 15) is 18.0 Å². The van der Waals surface area contributed by atoms with Crippen LogP contribution in [0.15, 0.2) is 42.5 Å². The van der Waals surface area contributed by atoms with Crippen molar-refractivity contribution >= 4 is 62.3 Å². The Hall–Kier alpha value is -2.00. The molecule has 0 aliphatic rings. The number of carbonyl (C=O) groups excluding carboxylic acids is 2. The molecule has 0 saturated carbocycles. The lowest BCUT2D eigenvalue weighted by Crippen LogP contribution is -2.51. The average molecular weight is 521 g/mol. The van der Waals surface area contributed by atoms with Gasteiger partial charge in [-0.15, -0.1) is 0 Å². The lowest BCUT2D eigenvalue weighted by molar-refractivity contribution is -0.139. The fourth-order valence-electron chi connectivity index (χ4n) is 2.99. The zero-order chi connectivity index (χ0) is 24.1. The summed E-state index contributed by atoms with van der Waals surface area (Å²) in [6, 6.07) is 10.5. The lowest BCUT2D eigenvalue weighted by Gasteiger charge is -2.31. The molecule has 2 aromatic carbocycles. The summed E-state index contributed by atoms with van der Waals surface area (Å²) in [4.78, 5) is 27.1. The summed E-state index contributed by atoms with van der Waals surface area (Å²) >= 11 is 18.5. The molecule has 0 fully saturated rings. The van der Waals surface area contributed by atoms with E-state index in [-0.39, 0.29) is 28.2 Å². The quantitative estimate of drug-likeness (QED) is 0.542. The highest BCUT2D eigenvalue weighted by atomic mass is 35.5. The molecule has 0 bridgehead atoms. The van der Waals surface area contributed by atoms with Crippen molar-refractivity contribution in [2.24, 2.45) is 0 Å². The number of benzene rings is 2. The van der Waals surface area contributed by atoms with Crippen LogP contribution in [0.1, 0.15) is 19.4 Å². The molecule has 7 nitrogen and oxygen atoms in total. The predicted octanol–water partition coefficient (Wildman–Crippen LogP) is 3.97. The van der Waals surface area contributed by atoms with Crippen LogP contribution in [0, 0.1) is 0 Å². The number of nitrogens with one attached hydrogen (secondary N) is 1. The molecule has 0 unspecified atom stereocenters. The smallest absolute Gasteiger partial charge is 0.244 e. The summed E-state index contributed by atoms with van der Waals surface area (Å²) in [6.07, 6.45) is 0.961. The van der Waals surface area contributed by atoms with E-state index in [1.54, 1.807) is 38.1 Å². The Balaban J connectivity index is 2.45. The Labute approximate surface area is 203 Å². The first-order valence-electron chi connectivity index (χ1n) is 9.69. The van der Waals surface area contributed by atoms with Crippen molar-refractivity contribution in [3.8, 4) is 0 Å². The number of hydrogen-bond donors (Lipinski definition) is 1. The Bertz CT molecular complexity index is 1100. The van der Waals surface area contributed by atoms with E-state index >= 15 is 0 Å². The minimum atomic E-state index is -3.91. The van der Waals surface area contributed by atoms with Gasteiger partial charge in [-0.1, -0.05) is 59.1 Å². The molecule has 1 atom stereocenters. The van der Waals surface area contributed by atoms with Gasteiger partial charge in [0.15, 0.2) is 0 Å². The molecule has 1 N–H and O–H groups in total. The van der Waals surface area contributed by atoms with Crippen molar-refractivity contribution in [1.82, 2.24) is 10.2 Å². The van der Waals surface area contributed by atoms with Crippen LogP contribution in [0.5, 0.6) is 0 Å². The third-order valence-corrected chi connectivity index (χ3v) is 7.00. The van der Waals surface area contributed by atoms with E-state index in [2.05, 4.69) is 5.32 Å². The lowest BCUT2D eigenvalue weighted by atomic mass is 10.1. The van der Waals surface area contributed by atoms with Crippen molar-refractivity contribution in [2.45, 2.75) is 26.4 Å². The number of nitrogens with zero attached hydrogens (tertiary/aromatic N) is 2. The van der Waals surface area contributed by atoms with Gasteiger partial charge < -0.3 is 10.2 Å². The number of halogens is 3. The second kappa shape index (κ2) is 11.2. The summed E-state index contributed by atoms with van der Waals surface area (Å²) in [5.41, 5.74) is 0.684. The minimum absolute atomic E-state index is 0.00169. The van der Waals surface area contributed by atoms with Gasteiger partial charge >= 0.3 is 0 Å². The maximum Gasteiger partial charge on any atom is 0.244 e. The molecule has 32 heavy (non-hydrogen) atoms. The molecule has 2 aromatic rings. The van der Waals surface area contributed by atoms with Crippen LogP contribution < -0.4 is 9.62 Å². The van der Waals surface area contributed by atoms with Crippen LogP contribution >= 0.6 is 34.8 Å². The average Bonchev–Trinajstić information content (AvgIpc) is 2.72. The molecule has 0 heterocycles. The largest absolute Gasteiger partial charge is 0.355 e. The van der Waals surface area contributed by atoms with Crippen LogP contribution in [0.3, 0.4) is 0 Å². The van der Waals surface area contributed by atoms with Gasteiger partial charge in [0.05, 0.1) is 22.0 Å². The van der Waals surface area contributed by atoms with Gasteiger partial charge in [0.2, 0.25) is 21.8 Å². The standard InChI is InChI=1S/C21H24Cl3N3O4S/c1-4-25-21(29)14(2)26(12-15-8-5-6-9-16(15)22)19(28)13-27(32(3,30)31)18-11-7-10-17(23)20(18)24/h5-11,14H,4,12-13H2,1-3H3,(H,25,29)/t14-/m1/s1. The first-order chi connectivity index (χ1) is 15.0. The molecule has 0 aliphatic heterocycles. The fraction of sp³-hybridized carbons (Fsp3) is 0.333. The van der Waals surface area contributed by atoms with Crippen LogP contribution in [-0.4, -0.2) is 50.5 Å². The Morgan fingerprint density at radius 1 is 1.03 bits per heavy atom. The maximum absolute atomic E-state index is 13.4. The van der Waals surface area contributed by atoms with E-state index in [0.29, 0.717) is 17.1 Å². The number of amides is 2. The first kappa shape index (κ1) is 26.3. The van der Waals surface area contributed by atoms with Gasteiger partial charge in [-0.05, 0) is 37.6 Å². The monoisotopic (exact) mass is 519 g/mol. The van der Waals surface area contributed by atoms with Crippen LogP contribution in [-0.2, 0) is 26.2 Å². The molecule has 0 radical (unpaired) electrons. The zero-order valence-corrected chi connectivity index (χ0v) is 20.9. The number of sulfonamides is 1. The Kier molecular flexibility index (Phi) is 9.21. The van der Waals surface area contributed by atoms with E-state index in [1.807, 2.05) is 0 Å². The summed E-state index contributed by atoms with van der Waals surface area (Å²) < 4.78 is 25.9. The maximum atomic E-state index is 13.4. The fourth-order valence-corrected chi connectivity index (χ4v) is 4.49. The van der Waals surface area contributed by atoms with Gasteiger partial charge in [-0.2, -0.15) is 0 Å². The number of likely N-dealkylation sites (N-methyl/N-ethyl adjacent to an activating group) is 1. The molecule has 0 aromatic heterocycles. The Morgan fingerprint density at radius 2 is 1.66 bits per heavy atom. The van der Waals surface area contributed by atoms with Crippen molar-refractivity contribution in [1.29, 1.82) is 0 Å². The summed E-state index contributed by atoms with van der Waals surface area (Å²) in [6.45, 7) is 3.14. The molecule has 0 aliphatic carbocycles. The molecular weight excluding hydrogens is 497 g/mol. The number of carbonyl (C=O) groups is 2. The van der Waals surface area contributed by atoms with Crippen molar-refractivity contribution < 1.29 is 18.0 Å². The first-order valence-corrected chi connectivity index (χ1v) is 12.7. The highest BCUT2D eigenvalue weighted by Gasteiger charge is 2.31. The van der Waals surface area contributed by atoms with Crippen LogP contribution in [0.25, 0.3) is 0 Å². The van der Waals surface area contributed by atoms with Gasteiger partial charge in [-0.3, -0.25) is 13.9 Å². The molecule has 0 spiro atoms. The molecule has 11 heteroatoms. The summed E-state index contributed by atoms with van der Waals surface area (Å²) in [5, 5.41) is 3.25. The van der Waals surface area contributed by atoms with E-state index in [1.165, 1.54) is 23.1 Å². The van der Waals surface area contributed by atoms with Gasteiger partial charge in [0.1, 0.15) is 12.6 Å².